The first-order valence-electron chi connectivity index (χ1n) is 7.49. The molecule has 0 aromatic heterocycles. The first kappa shape index (κ1) is 14.4. The molecule has 1 saturated heterocycles. The van der Waals surface area contributed by atoms with E-state index in [1.165, 1.54) is 6.42 Å². The van der Waals surface area contributed by atoms with Gasteiger partial charge in [0.1, 0.15) is 0 Å². The number of rotatable bonds is 2. The molecule has 1 aliphatic heterocycles. The van der Waals surface area contributed by atoms with E-state index in [0.29, 0.717) is 13.0 Å². The van der Waals surface area contributed by atoms with Gasteiger partial charge in [0.15, 0.2) is 0 Å². The van der Waals surface area contributed by atoms with Crippen molar-refractivity contribution in [3.8, 4) is 0 Å². The van der Waals surface area contributed by atoms with Crippen LogP contribution >= 0.6 is 0 Å². The fraction of sp³-hybridized carbons (Fsp3) is 0.867. The van der Waals surface area contributed by atoms with Crippen LogP contribution in [0.2, 0.25) is 0 Å². The highest BCUT2D eigenvalue weighted by Gasteiger charge is 2.37. The van der Waals surface area contributed by atoms with Crippen LogP contribution in [0.25, 0.3) is 0 Å². The van der Waals surface area contributed by atoms with Gasteiger partial charge in [-0.15, -0.1) is 0 Å². The molecule has 0 bridgehead atoms. The third-order valence-corrected chi connectivity index (χ3v) is 4.26. The lowest BCUT2D eigenvalue weighted by Crippen LogP contribution is -2.45. The molecular weight excluding hydrogens is 240 g/mol. The molecule has 0 radical (unpaired) electrons. The van der Waals surface area contributed by atoms with E-state index < -0.39 is 0 Å². The molecule has 4 heteroatoms. The Hall–Kier alpha value is -1.06. The average Bonchev–Trinajstić information content (AvgIpc) is 2.71. The zero-order valence-electron chi connectivity index (χ0n) is 12.4. The van der Waals surface area contributed by atoms with Crippen LogP contribution in [0.1, 0.15) is 59.3 Å². The van der Waals surface area contributed by atoms with E-state index in [-0.39, 0.29) is 29.3 Å². The van der Waals surface area contributed by atoms with Crippen LogP contribution in [-0.4, -0.2) is 34.8 Å². The summed E-state index contributed by atoms with van der Waals surface area (Å²) in [6.45, 7) is 6.77. The maximum absolute atomic E-state index is 12.2. The second kappa shape index (κ2) is 5.51. The zero-order chi connectivity index (χ0) is 14.0. The van der Waals surface area contributed by atoms with E-state index >= 15 is 0 Å². The summed E-state index contributed by atoms with van der Waals surface area (Å²) in [5.41, 5.74) is -0.151. The molecule has 0 aromatic rings. The molecule has 1 saturated carbocycles. The predicted octanol–water partition coefficient (Wildman–Crippen LogP) is 2.08. The predicted molar refractivity (Wildman–Crippen MR) is 74.6 cm³/mol. The Morgan fingerprint density at radius 1 is 1.21 bits per heavy atom. The van der Waals surface area contributed by atoms with E-state index in [2.05, 4.69) is 5.32 Å². The Morgan fingerprint density at radius 3 is 2.37 bits per heavy atom. The topological polar surface area (TPSA) is 49.4 Å². The molecule has 108 valence electrons. The minimum atomic E-state index is -0.151. The van der Waals surface area contributed by atoms with Crippen LogP contribution in [0.15, 0.2) is 0 Å². The Kier molecular flexibility index (Phi) is 4.16. The summed E-state index contributed by atoms with van der Waals surface area (Å²) in [5.74, 6) is 0.488. The summed E-state index contributed by atoms with van der Waals surface area (Å²) in [7, 11) is 0. The van der Waals surface area contributed by atoms with Crippen LogP contribution in [-0.2, 0) is 9.59 Å². The second-order valence-corrected chi connectivity index (χ2v) is 6.92. The smallest absolute Gasteiger partial charge is 0.225 e. The van der Waals surface area contributed by atoms with Gasteiger partial charge in [0, 0.05) is 24.4 Å². The van der Waals surface area contributed by atoms with Crippen LogP contribution in [0, 0.1) is 5.92 Å². The van der Waals surface area contributed by atoms with Gasteiger partial charge in [0.25, 0.3) is 0 Å². The van der Waals surface area contributed by atoms with Gasteiger partial charge < -0.3 is 10.2 Å². The highest BCUT2D eigenvalue weighted by molar-refractivity contribution is 5.83. The molecule has 1 aliphatic carbocycles. The van der Waals surface area contributed by atoms with E-state index in [0.717, 1.165) is 25.7 Å². The van der Waals surface area contributed by atoms with E-state index in [4.69, 9.17) is 0 Å². The van der Waals surface area contributed by atoms with Crippen LogP contribution < -0.4 is 5.32 Å². The fourth-order valence-electron chi connectivity index (χ4n) is 3.14. The summed E-state index contributed by atoms with van der Waals surface area (Å²) in [4.78, 5) is 26.0. The summed E-state index contributed by atoms with van der Waals surface area (Å²) in [5, 5.41) is 3.08. The summed E-state index contributed by atoms with van der Waals surface area (Å²) in [6, 6.07) is 0.00107. The van der Waals surface area contributed by atoms with Crippen molar-refractivity contribution >= 4 is 11.8 Å². The molecule has 2 aliphatic rings. The Balaban J connectivity index is 1.87. The van der Waals surface area contributed by atoms with Crippen molar-refractivity contribution < 1.29 is 9.59 Å². The lowest BCUT2D eigenvalue weighted by atomic mass is 9.88. The molecule has 2 fully saturated rings. The molecule has 1 unspecified atom stereocenters. The number of amides is 2. The van der Waals surface area contributed by atoms with Crippen LogP contribution in [0.3, 0.4) is 0 Å². The number of hydrogen-bond acceptors (Lipinski definition) is 2. The molecule has 2 rings (SSSR count). The molecule has 1 heterocycles. The van der Waals surface area contributed by atoms with Gasteiger partial charge in [-0.3, -0.25) is 9.59 Å². The standard InChI is InChI=1S/C15H26N2O2/c1-15(2,3)17-10-12(9-13(17)18)16-14(19)11-7-5-4-6-8-11/h11-12H,4-10H2,1-3H3,(H,16,19). The van der Waals surface area contributed by atoms with Crippen molar-refractivity contribution in [2.24, 2.45) is 5.92 Å². The van der Waals surface area contributed by atoms with E-state index in [1.807, 2.05) is 25.7 Å². The van der Waals surface area contributed by atoms with Gasteiger partial charge in [0.2, 0.25) is 11.8 Å². The molecular formula is C15H26N2O2. The average molecular weight is 266 g/mol. The lowest BCUT2D eigenvalue weighted by molar-refractivity contribution is -0.131. The van der Waals surface area contributed by atoms with Gasteiger partial charge in [-0.1, -0.05) is 19.3 Å². The van der Waals surface area contributed by atoms with Gasteiger partial charge in [-0.25, -0.2) is 0 Å². The summed E-state index contributed by atoms with van der Waals surface area (Å²) in [6.07, 6.45) is 6.05. The van der Waals surface area contributed by atoms with Crippen molar-refractivity contribution in [2.75, 3.05) is 6.54 Å². The third kappa shape index (κ3) is 3.48. The largest absolute Gasteiger partial charge is 0.351 e. The first-order valence-corrected chi connectivity index (χ1v) is 7.49. The van der Waals surface area contributed by atoms with Crippen molar-refractivity contribution in [3.63, 3.8) is 0 Å². The highest BCUT2D eigenvalue weighted by Crippen LogP contribution is 2.25. The third-order valence-electron chi connectivity index (χ3n) is 4.26. The maximum Gasteiger partial charge on any atom is 0.225 e. The summed E-state index contributed by atoms with van der Waals surface area (Å²) < 4.78 is 0. The number of nitrogens with one attached hydrogen (secondary N) is 1. The minimum Gasteiger partial charge on any atom is -0.351 e. The maximum atomic E-state index is 12.2. The van der Waals surface area contributed by atoms with Gasteiger partial charge in [-0.05, 0) is 33.6 Å². The van der Waals surface area contributed by atoms with Crippen molar-refractivity contribution in [2.45, 2.75) is 70.9 Å². The Morgan fingerprint density at radius 2 is 1.84 bits per heavy atom. The first-order chi connectivity index (χ1) is 8.88. The minimum absolute atomic E-state index is 0.00107. The van der Waals surface area contributed by atoms with E-state index in [1.54, 1.807) is 0 Å². The van der Waals surface area contributed by atoms with Crippen LogP contribution in [0.5, 0.6) is 0 Å². The normalized spacial score (nSPS) is 25.7. The zero-order valence-corrected chi connectivity index (χ0v) is 12.4. The number of nitrogens with zero attached hydrogens (tertiary/aromatic N) is 1. The summed E-state index contributed by atoms with van der Waals surface area (Å²) >= 11 is 0. The molecule has 0 aromatic carbocycles. The van der Waals surface area contributed by atoms with Gasteiger partial charge in [-0.2, -0.15) is 0 Å². The van der Waals surface area contributed by atoms with Crippen molar-refractivity contribution in [1.29, 1.82) is 0 Å². The second-order valence-electron chi connectivity index (χ2n) is 6.92. The highest BCUT2D eigenvalue weighted by atomic mass is 16.2. The number of carbonyl (C=O) groups excluding carboxylic acids is 2. The van der Waals surface area contributed by atoms with Crippen molar-refractivity contribution in [1.82, 2.24) is 10.2 Å². The number of likely N-dealkylation sites (tertiary alicyclic amines) is 1. The quantitative estimate of drug-likeness (QED) is 0.832. The van der Waals surface area contributed by atoms with Crippen molar-refractivity contribution in [3.05, 3.63) is 0 Å². The lowest BCUT2D eigenvalue weighted by Gasteiger charge is -2.32. The monoisotopic (exact) mass is 266 g/mol. The molecule has 1 atom stereocenters. The molecule has 2 amide bonds. The number of hydrogen-bond donors (Lipinski definition) is 1. The Labute approximate surface area is 115 Å². The molecule has 19 heavy (non-hydrogen) atoms. The van der Waals surface area contributed by atoms with Crippen LogP contribution in [0.4, 0.5) is 0 Å². The van der Waals surface area contributed by atoms with E-state index in [9.17, 15) is 9.59 Å². The Bertz CT molecular complexity index is 354. The molecule has 4 nitrogen and oxygen atoms in total. The SMILES string of the molecule is CC(C)(C)N1CC(NC(=O)C2CCCCC2)CC1=O. The van der Waals surface area contributed by atoms with Gasteiger partial charge in [0.05, 0.1) is 6.04 Å². The fourth-order valence-corrected chi connectivity index (χ4v) is 3.14. The van der Waals surface area contributed by atoms with Gasteiger partial charge >= 0.3 is 0 Å². The number of carbonyl (C=O) groups is 2. The molecule has 0 spiro atoms. The molecule has 1 N–H and O–H groups in total.